The molecular weight excluding hydrogens is 503 g/mol. The van der Waals surface area contributed by atoms with Crippen LogP contribution in [0.2, 0.25) is 19.6 Å². The molecule has 0 saturated carbocycles. The van der Waals surface area contributed by atoms with E-state index in [-0.39, 0.29) is 25.7 Å². The average Bonchev–Trinajstić information content (AvgIpc) is 2.99. The van der Waals surface area contributed by atoms with Crippen molar-refractivity contribution < 1.29 is 28.6 Å². The molecule has 4 heteroatoms. The summed E-state index contributed by atoms with van der Waals surface area (Å²) in [5.74, 6) is 0. The Morgan fingerprint density at radius 2 is 1.92 bits per heavy atom. The molecule has 2 aromatic heterocycles. The van der Waals surface area contributed by atoms with Crippen LogP contribution in [-0.2, 0) is 20.1 Å². The van der Waals surface area contributed by atoms with E-state index in [1.807, 2.05) is 18.2 Å². The van der Waals surface area contributed by atoms with Crippen molar-refractivity contribution in [2.24, 2.45) is 0 Å². The number of furan rings is 1. The summed E-state index contributed by atoms with van der Waals surface area (Å²) in [6.45, 7) is 4.76. The van der Waals surface area contributed by atoms with Crippen molar-refractivity contribution in [3.8, 4) is 11.3 Å². The smallest absolute Gasteiger partial charge is 0.120 e. The zero-order chi connectivity index (χ0) is 19.4. The summed E-state index contributed by atoms with van der Waals surface area (Å²) >= 11 is 0. The third-order valence-corrected chi connectivity index (χ3v) is 6.29. The normalized spacial score (nSPS) is 14.0. The minimum atomic E-state index is -2.16. The second-order valence-electron chi connectivity index (χ2n) is 7.06. The number of benzene rings is 2. The third kappa shape index (κ3) is 3.10. The van der Waals surface area contributed by atoms with E-state index in [2.05, 4.69) is 42.8 Å². The maximum atomic E-state index is 7.52. The van der Waals surface area contributed by atoms with Crippen LogP contribution in [0, 0.1) is 12.9 Å². The quantitative estimate of drug-likeness (QED) is 0.262. The molecule has 2 heterocycles. The molecule has 0 unspecified atom stereocenters. The first-order valence-electron chi connectivity index (χ1n) is 9.49. The van der Waals surface area contributed by atoms with E-state index in [1.54, 1.807) is 12.1 Å². The fourth-order valence-corrected chi connectivity index (χ4v) is 4.60. The predicted molar refractivity (Wildman–Crippen MR) is 104 cm³/mol. The number of aromatic nitrogens is 1. The van der Waals surface area contributed by atoms with E-state index in [0.29, 0.717) is 5.69 Å². The molecule has 0 N–H and O–H groups in total. The largest absolute Gasteiger partial charge is 0.501 e. The summed E-state index contributed by atoms with van der Waals surface area (Å²) < 4.78 is 28.8. The molecule has 2 aromatic carbocycles. The van der Waals surface area contributed by atoms with E-state index in [9.17, 15) is 0 Å². The summed E-state index contributed by atoms with van der Waals surface area (Å²) in [6, 6.07) is 16.8. The van der Waals surface area contributed by atoms with E-state index in [1.165, 1.54) is 11.4 Å². The SMILES string of the molecule is [2H]C([2H])([2H])c1ccc(-c2[c-]cc([Si](C)(C)C)c3c2oc2ccccc23)nc1.[Ir]. The van der Waals surface area contributed by atoms with Gasteiger partial charge in [-0.1, -0.05) is 60.9 Å². The third-order valence-electron chi connectivity index (χ3n) is 4.28. The molecule has 4 aromatic rings. The predicted octanol–water partition coefficient (Wildman–Crippen LogP) is 5.30. The van der Waals surface area contributed by atoms with Crippen molar-refractivity contribution in [1.29, 1.82) is 0 Å². The number of hydrogen-bond acceptors (Lipinski definition) is 2. The zero-order valence-electron chi connectivity index (χ0n) is 17.3. The van der Waals surface area contributed by atoms with Gasteiger partial charge in [0.15, 0.2) is 0 Å². The molecule has 0 atom stereocenters. The standard InChI is InChI=1S/C21H20NOSi.Ir/c1-14-9-11-17(22-13-14)15-10-12-19(24(2,3)4)20-16-7-5-6-8-18(16)23-21(15)20;/h5-9,11-13H,1-4H3;/q-1;/i1D3;. The van der Waals surface area contributed by atoms with Gasteiger partial charge in [-0.15, -0.1) is 17.3 Å². The van der Waals surface area contributed by atoms with Crippen LogP contribution >= 0.6 is 0 Å². The molecule has 0 aliphatic rings. The first-order valence-corrected chi connectivity index (χ1v) is 11.5. The van der Waals surface area contributed by atoms with E-state index in [0.717, 1.165) is 27.5 Å². The summed E-state index contributed by atoms with van der Waals surface area (Å²) in [7, 11) is -1.62. The van der Waals surface area contributed by atoms with Crippen LogP contribution in [0.5, 0.6) is 0 Å². The Balaban J connectivity index is 0.00000225. The number of nitrogens with zero attached hydrogens (tertiary/aromatic N) is 1. The van der Waals surface area contributed by atoms with Crippen molar-refractivity contribution in [3.63, 3.8) is 0 Å². The van der Waals surface area contributed by atoms with Crippen LogP contribution in [0.4, 0.5) is 0 Å². The first-order chi connectivity index (χ1) is 12.7. The Kier molecular flexibility index (Phi) is 3.77. The minimum Gasteiger partial charge on any atom is -0.501 e. The number of rotatable bonds is 2. The van der Waals surface area contributed by atoms with Crippen LogP contribution in [0.3, 0.4) is 0 Å². The van der Waals surface area contributed by atoms with Crippen molar-refractivity contribution >= 4 is 35.2 Å². The van der Waals surface area contributed by atoms with Gasteiger partial charge < -0.3 is 9.40 Å². The molecule has 0 bridgehead atoms. The first kappa shape index (κ1) is 14.4. The van der Waals surface area contributed by atoms with E-state index < -0.39 is 14.9 Å². The molecular formula is C21H20IrNOSi-. The molecule has 1 radical (unpaired) electrons. The minimum absolute atomic E-state index is 0. The fourth-order valence-electron chi connectivity index (χ4n) is 3.09. The van der Waals surface area contributed by atoms with E-state index in [4.69, 9.17) is 8.53 Å². The second-order valence-corrected chi connectivity index (χ2v) is 12.1. The van der Waals surface area contributed by atoms with E-state index >= 15 is 0 Å². The van der Waals surface area contributed by atoms with Gasteiger partial charge in [0.1, 0.15) is 5.58 Å². The molecule has 0 saturated heterocycles. The maximum Gasteiger partial charge on any atom is 0.120 e. The van der Waals surface area contributed by atoms with Crippen molar-refractivity contribution in [2.75, 3.05) is 0 Å². The Hall–Kier alpha value is -1.74. The van der Waals surface area contributed by atoms with Gasteiger partial charge in [0.2, 0.25) is 0 Å². The summed E-state index contributed by atoms with van der Waals surface area (Å²) in [4.78, 5) is 4.39. The van der Waals surface area contributed by atoms with Crippen LogP contribution in [0.1, 0.15) is 9.68 Å². The van der Waals surface area contributed by atoms with Gasteiger partial charge in [0, 0.05) is 43.9 Å². The van der Waals surface area contributed by atoms with Crippen LogP contribution < -0.4 is 5.19 Å². The molecule has 0 aliphatic carbocycles. The monoisotopic (exact) mass is 526 g/mol. The Morgan fingerprint density at radius 1 is 1.12 bits per heavy atom. The molecule has 25 heavy (non-hydrogen) atoms. The van der Waals surface area contributed by atoms with Gasteiger partial charge in [0.05, 0.1) is 5.58 Å². The second kappa shape index (κ2) is 6.53. The van der Waals surface area contributed by atoms with Gasteiger partial charge in [0.25, 0.3) is 0 Å². The molecule has 129 valence electrons. The van der Waals surface area contributed by atoms with Crippen molar-refractivity contribution in [3.05, 3.63) is 60.3 Å². The number of fused-ring (bicyclic) bond motifs is 3. The van der Waals surface area contributed by atoms with Crippen LogP contribution in [-0.4, -0.2) is 13.1 Å². The average molecular weight is 526 g/mol. The van der Waals surface area contributed by atoms with Crippen molar-refractivity contribution in [2.45, 2.75) is 26.5 Å². The summed E-state index contributed by atoms with van der Waals surface area (Å²) in [6.07, 6.45) is 1.41. The summed E-state index contributed by atoms with van der Waals surface area (Å²) in [5.41, 5.74) is 3.26. The fraction of sp³-hybridized carbons (Fsp3) is 0.190. The molecule has 0 aliphatic heterocycles. The molecule has 2 nitrogen and oxygen atoms in total. The number of pyridine rings is 1. The molecule has 0 amide bonds. The van der Waals surface area contributed by atoms with Crippen LogP contribution in [0.15, 0.2) is 53.1 Å². The van der Waals surface area contributed by atoms with Gasteiger partial charge in [-0.25, -0.2) is 0 Å². The van der Waals surface area contributed by atoms with Crippen molar-refractivity contribution in [1.82, 2.24) is 4.98 Å². The molecule has 4 rings (SSSR count). The Labute approximate surface area is 166 Å². The number of para-hydroxylation sites is 1. The Morgan fingerprint density at radius 3 is 2.60 bits per heavy atom. The molecule has 0 spiro atoms. The van der Waals surface area contributed by atoms with Gasteiger partial charge >= 0.3 is 0 Å². The maximum absolute atomic E-state index is 7.52. The van der Waals surface area contributed by atoms with Gasteiger partial charge in [-0.3, -0.25) is 0 Å². The van der Waals surface area contributed by atoms with Gasteiger partial charge in [-0.05, 0) is 24.2 Å². The van der Waals surface area contributed by atoms with Gasteiger partial charge in [-0.2, -0.15) is 0 Å². The topological polar surface area (TPSA) is 26.0 Å². The summed E-state index contributed by atoms with van der Waals surface area (Å²) in [5, 5.41) is 3.52. The van der Waals surface area contributed by atoms with Crippen LogP contribution in [0.25, 0.3) is 33.2 Å². The number of hydrogen-bond donors (Lipinski definition) is 0. The molecule has 0 fully saturated rings. The zero-order valence-corrected chi connectivity index (χ0v) is 17.7. The number of aryl methyl sites for hydroxylation is 1. The Bertz CT molecular complexity index is 1140.